The normalized spacial score (nSPS) is 11.8. The molecule has 0 amide bonds. The van der Waals surface area contributed by atoms with Crippen molar-refractivity contribution in [1.82, 2.24) is 4.57 Å². The molecule has 0 saturated heterocycles. The molecule has 0 aliphatic carbocycles. The first-order valence-corrected chi connectivity index (χ1v) is 15.3. The first kappa shape index (κ1) is 24.5. The molecule has 0 N–H and O–H groups in total. The quantitative estimate of drug-likeness (QED) is 0.194. The van der Waals surface area contributed by atoms with Crippen LogP contribution in [0.1, 0.15) is 0 Å². The highest BCUT2D eigenvalue weighted by Gasteiger charge is 2.17. The fourth-order valence-corrected chi connectivity index (χ4v) is 7.21. The Hall–Kier alpha value is -5.12. The van der Waals surface area contributed by atoms with Gasteiger partial charge in [-0.3, -0.25) is 0 Å². The molecule has 2 heterocycles. The van der Waals surface area contributed by atoms with Gasteiger partial charge >= 0.3 is 0 Å². The second-order valence-corrected chi connectivity index (χ2v) is 11.9. The Kier molecular flexibility index (Phi) is 5.38. The van der Waals surface area contributed by atoms with Gasteiger partial charge in [0.2, 0.25) is 0 Å². The van der Waals surface area contributed by atoms with Gasteiger partial charge in [-0.25, -0.2) is 0 Å². The van der Waals surface area contributed by atoms with Crippen LogP contribution >= 0.6 is 15.9 Å². The van der Waals surface area contributed by atoms with Crippen molar-refractivity contribution in [2.45, 2.75) is 0 Å². The number of fused-ring (bicyclic) bond motifs is 8. The molecule has 0 bridgehead atoms. The van der Waals surface area contributed by atoms with Crippen molar-refractivity contribution < 1.29 is 4.42 Å². The van der Waals surface area contributed by atoms with Crippen molar-refractivity contribution in [3.63, 3.8) is 0 Å². The minimum atomic E-state index is 0.893. The van der Waals surface area contributed by atoms with Crippen LogP contribution in [-0.4, -0.2) is 4.57 Å². The zero-order valence-electron chi connectivity index (χ0n) is 23.1. The molecule has 0 radical (unpaired) electrons. The van der Waals surface area contributed by atoms with Crippen molar-refractivity contribution in [2.75, 3.05) is 0 Å². The molecule has 0 atom stereocenters. The number of halogens is 1. The number of nitrogens with zero attached hydrogens (tertiary/aromatic N) is 1. The Bertz CT molecular complexity index is 2500. The summed E-state index contributed by atoms with van der Waals surface area (Å²) >= 11 is 3.74. The molecule has 7 aromatic carbocycles. The maximum atomic E-state index is 6.16. The Balaban J connectivity index is 1.28. The molecular weight excluding hydrogens is 590 g/mol. The van der Waals surface area contributed by atoms with Crippen molar-refractivity contribution in [3.8, 4) is 27.9 Å². The summed E-state index contributed by atoms with van der Waals surface area (Å²) < 4.78 is 9.60. The summed E-state index contributed by atoms with van der Waals surface area (Å²) in [5.41, 5.74) is 10.1. The van der Waals surface area contributed by atoms with Gasteiger partial charge in [-0.1, -0.05) is 107 Å². The van der Waals surface area contributed by atoms with E-state index in [4.69, 9.17) is 4.42 Å². The van der Waals surface area contributed by atoms with Crippen LogP contribution in [0.2, 0.25) is 0 Å². The molecule has 0 spiro atoms. The van der Waals surface area contributed by atoms with Crippen molar-refractivity contribution in [3.05, 3.63) is 150 Å². The van der Waals surface area contributed by atoms with E-state index in [2.05, 4.69) is 154 Å². The van der Waals surface area contributed by atoms with Crippen LogP contribution in [0, 0.1) is 0 Å². The van der Waals surface area contributed by atoms with E-state index >= 15 is 0 Å². The van der Waals surface area contributed by atoms with Gasteiger partial charge in [0.15, 0.2) is 0 Å². The number of benzene rings is 7. The van der Waals surface area contributed by atoms with Crippen LogP contribution in [-0.2, 0) is 0 Å². The maximum absolute atomic E-state index is 6.16. The van der Waals surface area contributed by atoms with Gasteiger partial charge in [-0.05, 0) is 87.6 Å². The van der Waals surface area contributed by atoms with Crippen LogP contribution in [0.15, 0.2) is 154 Å². The average molecular weight is 615 g/mol. The van der Waals surface area contributed by atoms with Gasteiger partial charge in [-0.15, -0.1) is 0 Å². The number of hydrogen-bond acceptors (Lipinski definition) is 1. The molecule has 43 heavy (non-hydrogen) atoms. The Morgan fingerprint density at radius 3 is 2.00 bits per heavy atom. The Morgan fingerprint density at radius 1 is 0.442 bits per heavy atom. The van der Waals surface area contributed by atoms with E-state index < -0.39 is 0 Å². The van der Waals surface area contributed by atoms with E-state index in [1.54, 1.807) is 0 Å². The van der Waals surface area contributed by atoms with Gasteiger partial charge in [0.05, 0.1) is 11.0 Å². The first-order chi connectivity index (χ1) is 21.2. The van der Waals surface area contributed by atoms with E-state index in [1.807, 2.05) is 12.1 Å². The van der Waals surface area contributed by atoms with Gasteiger partial charge in [-0.2, -0.15) is 0 Å². The van der Waals surface area contributed by atoms with Gasteiger partial charge in [0.25, 0.3) is 0 Å². The van der Waals surface area contributed by atoms with Crippen LogP contribution in [0.5, 0.6) is 0 Å². The van der Waals surface area contributed by atoms with E-state index in [-0.39, 0.29) is 0 Å². The Labute approximate surface area is 256 Å². The van der Waals surface area contributed by atoms with Crippen LogP contribution < -0.4 is 0 Å². The molecule has 3 heteroatoms. The molecule has 0 fully saturated rings. The third-order valence-corrected chi connectivity index (χ3v) is 9.33. The molecule has 0 aliphatic rings. The number of hydrogen-bond donors (Lipinski definition) is 0. The number of furan rings is 1. The molecule has 0 aliphatic heterocycles. The SMILES string of the molecule is Brc1cccc2oc3ccc(-c4ccc5c(c4)c4c6ccccc6ccc4n5-c4ccc(-c5ccccc5)cc4)cc3c12. The second kappa shape index (κ2) is 9.45. The van der Waals surface area contributed by atoms with Crippen molar-refractivity contribution >= 4 is 70.4 Å². The lowest BCUT2D eigenvalue weighted by molar-refractivity contribution is 0.669. The predicted molar refractivity (Wildman–Crippen MR) is 184 cm³/mol. The monoisotopic (exact) mass is 613 g/mol. The minimum absolute atomic E-state index is 0.893. The summed E-state index contributed by atoms with van der Waals surface area (Å²) in [7, 11) is 0. The van der Waals surface area contributed by atoms with E-state index in [0.717, 1.165) is 32.1 Å². The summed E-state index contributed by atoms with van der Waals surface area (Å²) in [5, 5.41) is 7.26. The summed E-state index contributed by atoms with van der Waals surface area (Å²) in [5.74, 6) is 0. The van der Waals surface area contributed by atoms with Crippen LogP contribution in [0.25, 0.3) is 82.5 Å². The molecule has 2 aromatic heterocycles. The van der Waals surface area contributed by atoms with Crippen LogP contribution in [0.4, 0.5) is 0 Å². The smallest absolute Gasteiger partial charge is 0.136 e. The van der Waals surface area contributed by atoms with Crippen molar-refractivity contribution in [2.24, 2.45) is 0 Å². The fourth-order valence-electron chi connectivity index (χ4n) is 6.64. The first-order valence-electron chi connectivity index (χ1n) is 14.5. The lowest BCUT2D eigenvalue weighted by atomic mass is 9.99. The summed E-state index contributed by atoms with van der Waals surface area (Å²) in [6.45, 7) is 0. The third-order valence-electron chi connectivity index (χ3n) is 8.66. The van der Waals surface area contributed by atoms with Crippen LogP contribution in [0.3, 0.4) is 0 Å². The van der Waals surface area contributed by atoms with E-state index in [9.17, 15) is 0 Å². The van der Waals surface area contributed by atoms with Crippen molar-refractivity contribution in [1.29, 1.82) is 0 Å². The number of aromatic nitrogens is 1. The van der Waals surface area contributed by atoms with Gasteiger partial charge < -0.3 is 8.98 Å². The molecule has 9 aromatic rings. The molecule has 0 saturated carbocycles. The predicted octanol–water partition coefficient (Wildman–Crippen LogP) is 11.9. The summed E-state index contributed by atoms with van der Waals surface area (Å²) in [6.07, 6.45) is 0. The topological polar surface area (TPSA) is 18.1 Å². The summed E-state index contributed by atoms with van der Waals surface area (Å²) in [6, 6.07) is 52.2. The maximum Gasteiger partial charge on any atom is 0.136 e. The highest BCUT2D eigenvalue weighted by atomic mass is 79.9. The highest BCUT2D eigenvalue weighted by Crippen LogP contribution is 2.41. The zero-order valence-corrected chi connectivity index (χ0v) is 24.7. The number of rotatable bonds is 3. The molecule has 0 unspecified atom stereocenters. The summed E-state index contributed by atoms with van der Waals surface area (Å²) in [4.78, 5) is 0. The second-order valence-electron chi connectivity index (χ2n) is 11.1. The minimum Gasteiger partial charge on any atom is -0.456 e. The molecular formula is C40H24BrNO. The molecule has 2 nitrogen and oxygen atoms in total. The van der Waals surface area contributed by atoms with E-state index in [1.165, 1.54) is 54.8 Å². The standard InChI is InChI=1S/C40H24BrNO/c41-34-11-6-12-38-40(34)33-24-29(17-22-37(33)43-38)28-16-20-35-32(23-28)39-31-10-5-4-9-27(31)15-21-36(39)42(35)30-18-13-26(14-19-30)25-7-2-1-3-8-25/h1-24H. The fraction of sp³-hybridized carbons (Fsp3) is 0. The van der Waals surface area contributed by atoms with E-state index in [0.29, 0.717) is 0 Å². The van der Waals surface area contributed by atoms with Gasteiger partial charge in [0.1, 0.15) is 11.2 Å². The largest absolute Gasteiger partial charge is 0.456 e. The van der Waals surface area contributed by atoms with Gasteiger partial charge in [0, 0.05) is 31.7 Å². The zero-order chi connectivity index (χ0) is 28.5. The Morgan fingerprint density at radius 2 is 1.14 bits per heavy atom. The average Bonchev–Trinajstić information content (AvgIpc) is 3.61. The third kappa shape index (κ3) is 3.78. The molecule has 202 valence electrons. The molecule has 9 rings (SSSR count). The lowest BCUT2D eigenvalue weighted by Gasteiger charge is -2.10. The highest BCUT2D eigenvalue weighted by molar-refractivity contribution is 9.10. The lowest BCUT2D eigenvalue weighted by Crippen LogP contribution is -1.94.